The maximum Gasteiger partial charge on any atom is 0.324 e. The van der Waals surface area contributed by atoms with Gasteiger partial charge < -0.3 is 14.6 Å². The van der Waals surface area contributed by atoms with E-state index in [1.165, 1.54) is 36.4 Å². The molecule has 1 aliphatic rings. The van der Waals surface area contributed by atoms with Crippen LogP contribution in [0.1, 0.15) is 0 Å². The molecule has 2 aromatic carbocycles. The highest BCUT2D eigenvalue weighted by atomic mass is 32.2. The summed E-state index contributed by atoms with van der Waals surface area (Å²) >= 11 is 0. The molecule has 3 rings (SSSR count). The van der Waals surface area contributed by atoms with Crippen molar-refractivity contribution in [2.75, 3.05) is 24.1 Å². The van der Waals surface area contributed by atoms with Crippen LogP contribution in [0.4, 0.5) is 10.1 Å². The van der Waals surface area contributed by atoms with E-state index in [0.29, 0.717) is 16.7 Å². The van der Waals surface area contributed by atoms with Crippen molar-refractivity contribution in [3.05, 3.63) is 48.3 Å². The van der Waals surface area contributed by atoms with Crippen molar-refractivity contribution >= 4 is 21.7 Å². The zero-order chi connectivity index (χ0) is 18.0. The molecule has 0 saturated heterocycles. The van der Waals surface area contributed by atoms with Gasteiger partial charge in [-0.2, -0.15) is 0 Å². The maximum absolute atomic E-state index is 14.1. The molecule has 2 aromatic rings. The van der Waals surface area contributed by atoms with Gasteiger partial charge in [-0.1, -0.05) is 12.1 Å². The lowest BCUT2D eigenvalue weighted by Crippen LogP contribution is -2.36. The smallest absolute Gasteiger partial charge is 0.324 e. The highest BCUT2D eigenvalue weighted by Gasteiger charge is 2.30. The first-order valence-electron chi connectivity index (χ1n) is 7.28. The Morgan fingerprint density at radius 3 is 2.48 bits per heavy atom. The Morgan fingerprint density at radius 1 is 1.12 bits per heavy atom. The number of halogens is 1. The number of fused-ring (bicyclic) bond motifs is 1. The van der Waals surface area contributed by atoms with Crippen molar-refractivity contribution in [2.24, 2.45) is 0 Å². The van der Waals surface area contributed by atoms with Crippen molar-refractivity contribution in [1.82, 2.24) is 0 Å². The van der Waals surface area contributed by atoms with Gasteiger partial charge in [0.05, 0.1) is 10.6 Å². The number of carboxylic acids is 1. The second kappa shape index (κ2) is 6.60. The Labute approximate surface area is 143 Å². The van der Waals surface area contributed by atoms with E-state index in [4.69, 9.17) is 14.6 Å². The van der Waals surface area contributed by atoms with Gasteiger partial charge in [-0.25, -0.2) is 12.8 Å². The molecule has 132 valence electrons. The average Bonchev–Trinajstić information content (AvgIpc) is 2.59. The zero-order valence-electron chi connectivity index (χ0n) is 12.9. The molecule has 0 aliphatic carbocycles. The molecule has 1 N–H and O–H groups in total. The van der Waals surface area contributed by atoms with E-state index in [1.807, 2.05) is 0 Å². The highest BCUT2D eigenvalue weighted by Crippen LogP contribution is 2.34. The van der Waals surface area contributed by atoms with Crippen LogP contribution in [0.15, 0.2) is 47.4 Å². The standard InChI is InChI=1S/C16H14FNO6S/c17-12-3-1-2-4-13(12)18(10-16(19)20)25(21,22)11-5-6-14-15(9-11)24-8-7-23-14/h1-6,9H,7-8,10H2,(H,19,20). The summed E-state index contributed by atoms with van der Waals surface area (Å²) < 4.78 is 51.1. The van der Waals surface area contributed by atoms with Crippen LogP contribution < -0.4 is 13.8 Å². The number of rotatable bonds is 5. The lowest BCUT2D eigenvalue weighted by atomic mass is 10.3. The molecule has 9 heteroatoms. The summed E-state index contributed by atoms with van der Waals surface area (Å²) in [5, 5.41) is 9.07. The van der Waals surface area contributed by atoms with Crippen LogP contribution in [0.25, 0.3) is 0 Å². The minimum atomic E-state index is -4.33. The molecule has 1 heterocycles. The van der Waals surface area contributed by atoms with Crippen molar-refractivity contribution in [3.8, 4) is 11.5 Å². The average molecular weight is 367 g/mol. The molecule has 0 amide bonds. The Morgan fingerprint density at radius 2 is 1.80 bits per heavy atom. The summed E-state index contributed by atoms with van der Waals surface area (Å²) in [6, 6.07) is 8.98. The van der Waals surface area contributed by atoms with Crippen LogP contribution in [0.5, 0.6) is 11.5 Å². The molecule has 0 spiro atoms. The third-order valence-corrected chi connectivity index (χ3v) is 5.26. The minimum Gasteiger partial charge on any atom is -0.486 e. The Bertz CT molecular complexity index is 915. The molecule has 0 aromatic heterocycles. The second-order valence-electron chi connectivity index (χ2n) is 5.16. The van der Waals surface area contributed by atoms with Crippen molar-refractivity contribution in [1.29, 1.82) is 0 Å². The van der Waals surface area contributed by atoms with Crippen LogP contribution in [-0.4, -0.2) is 39.3 Å². The first-order chi connectivity index (χ1) is 11.9. The molecule has 0 saturated carbocycles. The van der Waals surface area contributed by atoms with Gasteiger partial charge in [0.2, 0.25) is 0 Å². The molecule has 7 nitrogen and oxygen atoms in total. The fraction of sp³-hybridized carbons (Fsp3) is 0.188. The van der Waals surface area contributed by atoms with E-state index >= 15 is 0 Å². The van der Waals surface area contributed by atoms with Crippen molar-refractivity contribution < 1.29 is 32.2 Å². The lowest BCUT2D eigenvalue weighted by Gasteiger charge is -2.24. The molecule has 0 radical (unpaired) electrons. The molecule has 0 bridgehead atoms. The zero-order valence-corrected chi connectivity index (χ0v) is 13.7. The van der Waals surface area contributed by atoms with E-state index in [-0.39, 0.29) is 22.9 Å². The number of benzene rings is 2. The van der Waals surface area contributed by atoms with Gasteiger partial charge in [0, 0.05) is 6.07 Å². The minimum absolute atomic E-state index is 0.221. The van der Waals surface area contributed by atoms with Crippen LogP contribution in [0.3, 0.4) is 0 Å². The number of hydrogen-bond donors (Lipinski definition) is 1. The second-order valence-corrected chi connectivity index (χ2v) is 7.02. The van der Waals surface area contributed by atoms with Crippen LogP contribution in [0.2, 0.25) is 0 Å². The molecular formula is C16H14FNO6S. The van der Waals surface area contributed by atoms with Crippen LogP contribution in [0, 0.1) is 5.82 Å². The summed E-state index contributed by atoms with van der Waals surface area (Å²) in [5.41, 5.74) is -0.347. The normalized spacial score (nSPS) is 13.3. The predicted octanol–water partition coefficient (Wildman–Crippen LogP) is 1.88. The molecule has 0 fully saturated rings. The van der Waals surface area contributed by atoms with E-state index in [9.17, 15) is 17.6 Å². The van der Waals surface area contributed by atoms with Crippen molar-refractivity contribution in [3.63, 3.8) is 0 Å². The van der Waals surface area contributed by atoms with E-state index in [2.05, 4.69) is 0 Å². The largest absolute Gasteiger partial charge is 0.486 e. The molecule has 0 unspecified atom stereocenters. The number of carbonyl (C=O) groups is 1. The quantitative estimate of drug-likeness (QED) is 0.867. The molecule has 0 atom stereocenters. The van der Waals surface area contributed by atoms with Gasteiger partial charge in [-0.15, -0.1) is 0 Å². The third-order valence-electron chi connectivity index (χ3n) is 3.50. The summed E-state index contributed by atoms with van der Waals surface area (Å²) in [6.07, 6.45) is 0. The number of aliphatic carboxylic acids is 1. The fourth-order valence-corrected chi connectivity index (χ4v) is 3.83. The summed E-state index contributed by atoms with van der Waals surface area (Å²) in [5.74, 6) is -1.63. The monoisotopic (exact) mass is 367 g/mol. The third kappa shape index (κ3) is 3.36. The molecule has 1 aliphatic heterocycles. The Balaban J connectivity index is 2.08. The first-order valence-corrected chi connectivity index (χ1v) is 8.72. The Hall–Kier alpha value is -2.81. The maximum atomic E-state index is 14.1. The number of nitrogens with zero attached hydrogens (tertiary/aromatic N) is 1. The van der Waals surface area contributed by atoms with Gasteiger partial charge in [0.1, 0.15) is 25.6 Å². The topological polar surface area (TPSA) is 93.1 Å². The predicted molar refractivity (Wildman–Crippen MR) is 86.0 cm³/mol. The molecular weight excluding hydrogens is 353 g/mol. The van der Waals surface area contributed by atoms with E-state index < -0.39 is 28.4 Å². The summed E-state index contributed by atoms with van der Waals surface area (Å²) in [7, 11) is -4.33. The van der Waals surface area contributed by atoms with E-state index in [0.717, 1.165) is 6.07 Å². The number of para-hydroxylation sites is 1. The number of carboxylic acid groups (broad SMARTS) is 1. The lowest BCUT2D eigenvalue weighted by molar-refractivity contribution is -0.135. The number of ether oxygens (including phenoxy) is 2. The number of sulfonamides is 1. The number of hydrogen-bond acceptors (Lipinski definition) is 5. The Kier molecular flexibility index (Phi) is 4.49. The van der Waals surface area contributed by atoms with Gasteiger partial charge in [0.25, 0.3) is 10.0 Å². The van der Waals surface area contributed by atoms with Gasteiger partial charge in [-0.3, -0.25) is 9.10 Å². The highest BCUT2D eigenvalue weighted by molar-refractivity contribution is 7.92. The fourth-order valence-electron chi connectivity index (χ4n) is 2.39. The first kappa shape index (κ1) is 17.0. The van der Waals surface area contributed by atoms with Crippen LogP contribution in [-0.2, 0) is 14.8 Å². The molecule has 25 heavy (non-hydrogen) atoms. The summed E-state index contributed by atoms with van der Waals surface area (Å²) in [4.78, 5) is 10.9. The number of anilines is 1. The van der Waals surface area contributed by atoms with Gasteiger partial charge in [-0.05, 0) is 24.3 Å². The summed E-state index contributed by atoms with van der Waals surface area (Å²) in [6.45, 7) is -0.306. The SMILES string of the molecule is O=C(O)CN(c1ccccc1F)S(=O)(=O)c1ccc2c(c1)OCCO2. The van der Waals surface area contributed by atoms with Gasteiger partial charge in [0.15, 0.2) is 11.5 Å². The van der Waals surface area contributed by atoms with E-state index in [1.54, 1.807) is 0 Å². The van der Waals surface area contributed by atoms with Gasteiger partial charge >= 0.3 is 5.97 Å². The van der Waals surface area contributed by atoms with Crippen LogP contribution >= 0.6 is 0 Å². The van der Waals surface area contributed by atoms with Crippen molar-refractivity contribution in [2.45, 2.75) is 4.90 Å².